The monoisotopic (exact) mass is 240 g/mol. The number of hydrazine groups is 1. The molecule has 0 radical (unpaired) electrons. The Bertz CT molecular complexity index is 327. The molecule has 16 heavy (non-hydrogen) atoms. The summed E-state index contributed by atoms with van der Waals surface area (Å²) in [4.78, 5) is 12.0. The fourth-order valence-electron chi connectivity index (χ4n) is 1.15. The first-order chi connectivity index (χ1) is 7.76. The van der Waals surface area contributed by atoms with Gasteiger partial charge < -0.3 is 4.74 Å². The number of carbonyl (C=O) groups is 1. The first-order valence-corrected chi connectivity index (χ1v) is 6.03. The minimum atomic E-state index is -0.321. The van der Waals surface area contributed by atoms with Crippen molar-refractivity contribution >= 4 is 17.7 Å². The van der Waals surface area contributed by atoms with Gasteiger partial charge in [-0.05, 0) is 23.4 Å². The molecule has 4 nitrogen and oxygen atoms in total. The summed E-state index contributed by atoms with van der Waals surface area (Å²) in [5.41, 5.74) is 3.06. The molecule has 5 heteroatoms. The Morgan fingerprint density at radius 3 is 2.69 bits per heavy atom. The molecule has 0 aromatic heterocycles. The van der Waals surface area contributed by atoms with Crippen LogP contribution in [-0.4, -0.2) is 18.3 Å². The summed E-state index contributed by atoms with van der Waals surface area (Å²) in [7, 11) is 0. The Morgan fingerprint density at radius 2 is 2.12 bits per heavy atom. The van der Waals surface area contributed by atoms with Crippen LogP contribution >= 0.6 is 11.8 Å². The van der Waals surface area contributed by atoms with Gasteiger partial charge in [-0.3, -0.25) is 10.2 Å². The van der Waals surface area contributed by atoms with Crippen LogP contribution in [0, 0.1) is 0 Å². The Labute approximate surface area is 99.5 Å². The van der Waals surface area contributed by atoms with Crippen molar-refractivity contribution in [1.29, 1.82) is 0 Å². The van der Waals surface area contributed by atoms with E-state index in [0.717, 1.165) is 11.3 Å². The van der Waals surface area contributed by atoms with Crippen LogP contribution in [0.1, 0.15) is 12.5 Å². The maximum absolute atomic E-state index is 10.8. The topological polar surface area (TPSA) is 64.3 Å². The van der Waals surface area contributed by atoms with Crippen LogP contribution < -0.4 is 11.3 Å². The molecule has 0 heterocycles. The molecule has 88 valence electrons. The average Bonchev–Trinajstić information content (AvgIpc) is 2.31. The normalized spacial score (nSPS) is 10.1. The summed E-state index contributed by atoms with van der Waals surface area (Å²) < 4.78 is 5.17. The highest BCUT2D eigenvalue weighted by Gasteiger charge is 1.99. The number of rotatable bonds is 6. The van der Waals surface area contributed by atoms with Crippen molar-refractivity contribution in [2.24, 2.45) is 5.84 Å². The summed E-state index contributed by atoms with van der Waals surface area (Å²) in [6, 6.07) is 8.10. The first-order valence-electron chi connectivity index (χ1n) is 5.05. The second kappa shape index (κ2) is 7.27. The van der Waals surface area contributed by atoms with Gasteiger partial charge >= 0.3 is 0 Å². The van der Waals surface area contributed by atoms with Crippen molar-refractivity contribution in [1.82, 2.24) is 5.43 Å². The Hall–Kier alpha value is -1.04. The maximum atomic E-state index is 10.8. The van der Waals surface area contributed by atoms with Gasteiger partial charge in [0.15, 0.2) is 0 Å². The number of ether oxygens (including phenoxy) is 1. The average molecular weight is 240 g/mol. The Morgan fingerprint density at radius 1 is 1.44 bits per heavy atom. The lowest BCUT2D eigenvalue weighted by Crippen LogP contribution is -2.33. The number of carbonyl (C=O) groups excluding carboxylic acids is 1. The van der Waals surface area contributed by atoms with Crippen LogP contribution in [0.3, 0.4) is 0 Å². The van der Waals surface area contributed by atoms with Crippen LogP contribution in [0.15, 0.2) is 29.2 Å². The number of thioether (sulfide) groups is 1. The van der Waals surface area contributed by atoms with Crippen molar-refractivity contribution in [2.75, 3.05) is 12.4 Å². The molecule has 0 fully saturated rings. The number of nitrogens with one attached hydrogen (secondary N) is 1. The van der Waals surface area contributed by atoms with Gasteiger partial charge in [-0.15, -0.1) is 11.8 Å². The molecule has 0 unspecified atom stereocenters. The van der Waals surface area contributed by atoms with Gasteiger partial charge in [-0.2, -0.15) is 0 Å². The van der Waals surface area contributed by atoms with Crippen LogP contribution in [-0.2, 0) is 16.1 Å². The van der Waals surface area contributed by atoms with E-state index in [1.54, 1.807) is 11.8 Å². The van der Waals surface area contributed by atoms with E-state index in [1.807, 2.05) is 17.6 Å². The standard InChI is InChI=1S/C11H16N2O2S/c1-2-16-10-5-3-9(4-6-10)7-15-8-11(14)13-12/h3-6H,2,7-8,12H2,1H3,(H,13,14). The molecule has 1 rings (SSSR count). The number of hydrogen-bond acceptors (Lipinski definition) is 4. The maximum Gasteiger partial charge on any atom is 0.259 e. The van der Waals surface area contributed by atoms with Crippen LogP contribution in [0.25, 0.3) is 0 Å². The van der Waals surface area contributed by atoms with Crippen LogP contribution in [0.2, 0.25) is 0 Å². The molecular weight excluding hydrogens is 224 g/mol. The van der Waals surface area contributed by atoms with Crippen LogP contribution in [0.4, 0.5) is 0 Å². The third-order valence-electron chi connectivity index (χ3n) is 1.90. The number of amides is 1. The SMILES string of the molecule is CCSc1ccc(COCC(=O)NN)cc1. The summed E-state index contributed by atoms with van der Waals surface area (Å²) in [6.07, 6.45) is 0. The minimum absolute atomic E-state index is 0.0119. The molecule has 0 aliphatic rings. The van der Waals surface area contributed by atoms with E-state index in [1.165, 1.54) is 4.90 Å². The molecule has 1 aromatic rings. The third-order valence-corrected chi connectivity index (χ3v) is 2.79. The number of hydrogen-bond donors (Lipinski definition) is 2. The van der Waals surface area contributed by atoms with Crippen molar-refractivity contribution < 1.29 is 9.53 Å². The predicted molar refractivity (Wildman–Crippen MR) is 64.8 cm³/mol. The van der Waals surface area contributed by atoms with Crippen molar-refractivity contribution in [3.63, 3.8) is 0 Å². The second-order valence-corrected chi connectivity index (χ2v) is 4.47. The largest absolute Gasteiger partial charge is 0.367 e. The third kappa shape index (κ3) is 4.65. The number of benzene rings is 1. The molecule has 0 atom stereocenters. The highest BCUT2D eigenvalue weighted by atomic mass is 32.2. The van der Waals surface area contributed by atoms with Gasteiger partial charge in [-0.25, -0.2) is 5.84 Å². The van der Waals surface area contributed by atoms with Gasteiger partial charge in [0.1, 0.15) is 6.61 Å². The summed E-state index contributed by atoms with van der Waals surface area (Å²) in [6.45, 7) is 2.53. The van der Waals surface area contributed by atoms with E-state index in [-0.39, 0.29) is 12.5 Å². The van der Waals surface area contributed by atoms with Crippen molar-refractivity contribution in [3.8, 4) is 0 Å². The molecule has 3 N–H and O–H groups in total. The molecule has 0 bridgehead atoms. The van der Waals surface area contributed by atoms with Gasteiger partial charge in [0, 0.05) is 4.90 Å². The zero-order valence-electron chi connectivity index (χ0n) is 9.23. The van der Waals surface area contributed by atoms with Gasteiger partial charge in [0.25, 0.3) is 5.91 Å². The summed E-state index contributed by atoms with van der Waals surface area (Å²) in [5.74, 6) is 5.66. The van der Waals surface area contributed by atoms with Crippen molar-refractivity contribution in [3.05, 3.63) is 29.8 Å². The number of nitrogens with two attached hydrogens (primary N) is 1. The fraction of sp³-hybridized carbons (Fsp3) is 0.364. The second-order valence-electron chi connectivity index (χ2n) is 3.14. The zero-order chi connectivity index (χ0) is 11.8. The van der Waals surface area contributed by atoms with Gasteiger partial charge in [-0.1, -0.05) is 19.1 Å². The van der Waals surface area contributed by atoms with Crippen molar-refractivity contribution in [2.45, 2.75) is 18.4 Å². The van der Waals surface area contributed by atoms with E-state index in [2.05, 4.69) is 19.1 Å². The molecule has 0 aliphatic carbocycles. The lowest BCUT2D eigenvalue weighted by atomic mass is 10.2. The lowest BCUT2D eigenvalue weighted by molar-refractivity contribution is -0.126. The summed E-state index contributed by atoms with van der Waals surface area (Å²) in [5, 5.41) is 0. The molecule has 0 saturated carbocycles. The summed E-state index contributed by atoms with van der Waals surface area (Å²) >= 11 is 1.79. The zero-order valence-corrected chi connectivity index (χ0v) is 10.0. The highest BCUT2D eigenvalue weighted by molar-refractivity contribution is 7.99. The van der Waals surface area contributed by atoms with E-state index in [4.69, 9.17) is 10.6 Å². The van der Waals surface area contributed by atoms with E-state index in [0.29, 0.717) is 6.61 Å². The Balaban J connectivity index is 2.34. The molecule has 1 aromatic carbocycles. The fourth-order valence-corrected chi connectivity index (χ4v) is 1.81. The van der Waals surface area contributed by atoms with Gasteiger partial charge in [0.2, 0.25) is 0 Å². The highest BCUT2D eigenvalue weighted by Crippen LogP contribution is 2.17. The van der Waals surface area contributed by atoms with E-state index >= 15 is 0 Å². The quantitative estimate of drug-likeness (QED) is 0.340. The first kappa shape index (κ1) is 13.0. The Kier molecular flexibility index (Phi) is 5.92. The molecule has 0 aliphatic heterocycles. The molecular formula is C11H16N2O2S. The molecule has 0 spiro atoms. The van der Waals surface area contributed by atoms with E-state index < -0.39 is 0 Å². The van der Waals surface area contributed by atoms with Crippen LogP contribution in [0.5, 0.6) is 0 Å². The van der Waals surface area contributed by atoms with E-state index in [9.17, 15) is 4.79 Å². The predicted octanol–water partition coefficient (Wildman–Crippen LogP) is 1.31. The van der Waals surface area contributed by atoms with Gasteiger partial charge in [0.05, 0.1) is 6.61 Å². The molecule has 0 saturated heterocycles. The molecule has 1 amide bonds. The smallest absolute Gasteiger partial charge is 0.259 e. The lowest BCUT2D eigenvalue weighted by Gasteiger charge is -2.04. The minimum Gasteiger partial charge on any atom is -0.367 e.